The third-order valence-electron chi connectivity index (χ3n) is 3.38. The summed E-state index contributed by atoms with van der Waals surface area (Å²) in [6.07, 6.45) is -0.655. The standard InChI is InChI=1S/C15H22FN3O3/c1-3-17-9-12-10-19(15(20)22-12)11-4-5-14(13(16)8-11)18-6-7-21-2/h4-5,8,12,17-18H,3,6-7,9-10H2,1-2H3. The molecule has 1 atom stereocenters. The van der Waals surface area contributed by atoms with Gasteiger partial charge in [-0.1, -0.05) is 6.92 Å². The molecule has 6 nitrogen and oxygen atoms in total. The van der Waals surface area contributed by atoms with Gasteiger partial charge in [-0.3, -0.25) is 4.90 Å². The molecule has 1 unspecified atom stereocenters. The van der Waals surface area contributed by atoms with Gasteiger partial charge in [-0.05, 0) is 24.7 Å². The van der Waals surface area contributed by atoms with E-state index in [1.165, 1.54) is 11.0 Å². The maximum Gasteiger partial charge on any atom is 0.414 e. The first-order chi connectivity index (χ1) is 10.7. The second kappa shape index (κ2) is 7.95. The SMILES string of the molecule is CCNCC1CN(c2ccc(NCCOC)c(F)c2)C(=O)O1. The number of carbonyl (C=O) groups is 1. The molecule has 0 aromatic heterocycles. The molecule has 122 valence electrons. The van der Waals surface area contributed by atoms with Crippen molar-refractivity contribution in [2.24, 2.45) is 0 Å². The smallest absolute Gasteiger partial charge is 0.414 e. The number of methoxy groups -OCH3 is 1. The second-order valence-electron chi connectivity index (χ2n) is 5.01. The molecule has 1 aromatic carbocycles. The number of cyclic esters (lactones) is 1. The molecule has 1 saturated heterocycles. The second-order valence-corrected chi connectivity index (χ2v) is 5.01. The maximum atomic E-state index is 14.1. The van der Waals surface area contributed by atoms with E-state index in [2.05, 4.69) is 10.6 Å². The molecular formula is C15H22FN3O3. The van der Waals surface area contributed by atoms with E-state index in [1.54, 1.807) is 19.2 Å². The number of benzene rings is 1. The Hall–Kier alpha value is -1.86. The van der Waals surface area contributed by atoms with Crippen molar-refractivity contribution in [1.29, 1.82) is 0 Å². The number of hydrogen-bond donors (Lipinski definition) is 2. The van der Waals surface area contributed by atoms with E-state index in [0.717, 1.165) is 6.54 Å². The summed E-state index contributed by atoms with van der Waals surface area (Å²) in [4.78, 5) is 13.3. The zero-order chi connectivity index (χ0) is 15.9. The summed E-state index contributed by atoms with van der Waals surface area (Å²) < 4.78 is 24.2. The predicted octanol–water partition coefficient (Wildman–Crippen LogP) is 1.82. The van der Waals surface area contributed by atoms with Gasteiger partial charge in [0.1, 0.15) is 11.9 Å². The lowest BCUT2D eigenvalue weighted by Crippen LogP contribution is -2.30. The Labute approximate surface area is 129 Å². The highest BCUT2D eigenvalue weighted by Crippen LogP contribution is 2.25. The maximum absolute atomic E-state index is 14.1. The van der Waals surface area contributed by atoms with Gasteiger partial charge in [0.15, 0.2) is 0 Å². The number of rotatable bonds is 8. The van der Waals surface area contributed by atoms with Gasteiger partial charge in [0.25, 0.3) is 0 Å². The Morgan fingerprint density at radius 1 is 1.50 bits per heavy atom. The fourth-order valence-corrected chi connectivity index (χ4v) is 2.25. The number of anilines is 2. The van der Waals surface area contributed by atoms with Gasteiger partial charge in [-0.2, -0.15) is 0 Å². The number of carbonyl (C=O) groups excluding carboxylic acids is 1. The fraction of sp³-hybridized carbons (Fsp3) is 0.533. The van der Waals surface area contributed by atoms with Crippen LogP contribution < -0.4 is 15.5 Å². The molecule has 0 radical (unpaired) electrons. The van der Waals surface area contributed by atoms with Crippen LogP contribution >= 0.6 is 0 Å². The van der Waals surface area contributed by atoms with Crippen molar-refractivity contribution in [3.05, 3.63) is 24.0 Å². The lowest BCUT2D eigenvalue weighted by molar-refractivity contribution is 0.140. The van der Waals surface area contributed by atoms with Gasteiger partial charge >= 0.3 is 6.09 Å². The van der Waals surface area contributed by atoms with Crippen LogP contribution in [-0.4, -0.2) is 52.1 Å². The zero-order valence-electron chi connectivity index (χ0n) is 12.9. The lowest BCUT2D eigenvalue weighted by Gasteiger charge is -2.15. The predicted molar refractivity (Wildman–Crippen MR) is 82.9 cm³/mol. The van der Waals surface area contributed by atoms with Gasteiger partial charge < -0.3 is 20.1 Å². The Morgan fingerprint density at radius 3 is 3.00 bits per heavy atom. The molecule has 0 bridgehead atoms. The minimum atomic E-state index is -0.442. The summed E-state index contributed by atoms with van der Waals surface area (Å²) >= 11 is 0. The summed E-state index contributed by atoms with van der Waals surface area (Å²) in [5.41, 5.74) is 0.886. The van der Waals surface area contributed by atoms with Crippen molar-refractivity contribution in [3.8, 4) is 0 Å². The molecule has 0 spiro atoms. The molecule has 0 saturated carbocycles. The first-order valence-electron chi connectivity index (χ1n) is 7.37. The molecule has 22 heavy (non-hydrogen) atoms. The molecule has 7 heteroatoms. The first kappa shape index (κ1) is 16.5. The van der Waals surface area contributed by atoms with Crippen LogP contribution in [0.4, 0.5) is 20.6 Å². The normalized spacial score (nSPS) is 17.7. The van der Waals surface area contributed by atoms with Crippen molar-refractivity contribution in [2.45, 2.75) is 13.0 Å². The molecular weight excluding hydrogens is 289 g/mol. The Kier molecular flexibility index (Phi) is 5.97. The van der Waals surface area contributed by atoms with Crippen LogP contribution in [0.25, 0.3) is 0 Å². The highest BCUT2D eigenvalue weighted by atomic mass is 19.1. The van der Waals surface area contributed by atoms with Crippen LogP contribution in [0, 0.1) is 5.82 Å². The van der Waals surface area contributed by atoms with Crippen LogP contribution in [0.1, 0.15) is 6.92 Å². The molecule has 1 aliphatic heterocycles. The van der Waals surface area contributed by atoms with E-state index >= 15 is 0 Å². The van der Waals surface area contributed by atoms with Crippen molar-refractivity contribution in [2.75, 3.05) is 50.1 Å². The van der Waals surface area contributed by atoms with Gasteiger partial charge in [0.05, 0.1) is 24.5 Å². The van der Waals surface area contributed by atoms with Crippen molar-refractivity contribution < 1.29 is 18.7 Å². The van der Waals surface area contributed by atoms with Crippen LogP contribution in [0.5, 0.6) is 0 Å². The first-order valence-corrected chi connectivity index (χ1v) is 7.37. The number of nitrogens with zero attached hydrogens (tertiary/aromatic N) is 1. The quantitative estimate of drug-likeness (QED) is 0.717. The van der Waals surface area contributed by atoms with Crippen molar-refractivity contribution >= 4 is 17.5 Å². The zero-order valence-corrected chi connectivity index (χ0v) is 12.9. The number of hydrogen-bond acceptors (Lipinski definition) is 5. The van der Waals surface area contributed by atoms with E-state index in [9.17, 15) is 9.18 Å². The highest BCUT2D eigenvalue weighted by Gasteiger charge is 2.32. The monoisotopic (exact) mass is 311 g/mol. The van der Waals surface area contributed by atoms with E-state index in [4.69, 9.17) is 9.47 Å². The molecule has 1 aromatic rings. The molecule has 2 N–H and O–H groups in total. The van der Waals surface area contributed by atoms with Crippen LogP contribution in [0.15, 0.2) is 18.2 Å². The lowest BCUT2D eigenvalue weighted by atomic mass is 10.2. The van der Waals surface area contributed by atoms with Crippen molar-refractivity contribution in [3.63, 3.8) is 0 Å². The number of amides is 1. The summed E-state index contributed by atoms with van der Waals surface area (Å²) in [6.45, 7) is 4.82. The average Bonchev–Trinajstić information content (AvgIpc) is 2.88. The summed E-state index contributed by atoms with van der Waals surface area (Å²) in [6, 6.07) is 4.66. The van der Waals surface area contributed by atoms with Crippen LogP contribution in [-0.2, 0) is 9.47 Å². The topological polar surface area (TPSA) is 62.8 Å². The third kappa shape index (κ3) is 4.08. The number of nitrogens with one attached hydrogen (secondary N) is 2. The van der Waals surface area contributed by atoms with Crippen LogP contribution in [0.3, 0.4) is 0 Å². The highest BCUT2D eigenvalue weighted by molar-refractivity contribution is 5.90. The van der Waals surface area contributed by atoms with Crippen LogP contribution in [0.2, 0.25) is 0 Å². The Morgan fingerprint density at radius 2 is 2.32 bits per heavy atom. The third-order valence-corrected chi connectivity index (χ3v) is 3.38. The van der Waals surface area contributed by atoms with E-state index in [-0.39, 0.29) is 6.10 Å². The fourth-order valence-electron chi connectivity index (χ4n) is 2.25. The van der Waals surface area contributed by atoms with Gasteiger partial charge in [-0.25, -0.2) is 9.18 Å². The number of likely N-dealkylation sites (N-methyl/N-ethyl adjacent to an activating group) is 1. The largest absolute Gasteiger partial charge is 0.443 e. The van der Waals surface area contributed by atoms with Gasteiger partial charge in [0.2, 0.25) is 0 Å². The number of halogens is 1. The Bertz CT molecular complexity index is 513. The summed E-state index contributed by atoms with van der Waals surface area (Å²) in [5.74, 6) is -0.406. The Balaban J connectivity index is 2.00. The molecule has 1 amide bonds. The average molecular weight is 311 g/mol. The van der Waals surface area contributed by atoms with Gasteiger partial charge in [0, 0.05) is 20.2 Å². The van der Waals surface area contributed by atoms with Gasteiger partial charge in [-0.15, -0.1) is 0 Å². The minimum Gasteiger partial charge on any atom is -0.443 e. The van der Waals surface area contributed by atoms with E-state index in [0.29, 0.717) is 37.6 Å². The minimum absolute atomic E-state index is 0.213. The molecule has 1 fully saturated rings. The molecule has 1 heterocycles. The summed E-state index contributed by atoms with van der Waals surface area (Å²) in [5, 5.41) is 6.07. The molecule has 2 rings (SSSR count). The number of ether oxygens (including phenoxy) is 2. The van der Waals surface area contributed by atoms with E-state index in [1.807, 2.05) is 6.92 Å². The summed E-state index contributed by atoms with van der Waals surface area (Å²) in [7, 11) is 1.59. The van der Waals surface area contributed by atoms with Crippen molar-refractivity contribution in [1.82, 2.24) is 5.32 Å². The molecule has 0 aliphatic carbocycles. The van der Waals surface area contributed by atoms with E-state index < -0.39 is 11.9 Å². The molecule has 1 aliphatic rings.